The van der Waals surface area contributed by atoms with E-state index in [1.165, 1.54) is 44.3 Å². The van der Waals surface area contributed by atoms with Crippen molar-refractivity contribution in [1.29, 1.82) is 0 Å². The quantitative estimate of drug-likeness (QED) is 0.135. The molecule has 0 amide bonds. The molecule has 1 aliphatic rings. The van der Waals surface area contributed by atoms with Gasteiger partial charge in [-0.05, 0) is 108 Å². The van der Waals surface area contributed by atoms with Gasteiger partial charge in [0.1, 0.15) is 5.82 Å². The predicted octanol–water partition coefficient (Wildman–Crippen LogP) is 19.3. The van der Waals surface area contributed by atoms with Crippen LogP contribution in [0.2, 0.25) is 0 Å². The predicted molar refractivity (Wildman–Crippen MR) is 323 cm³/mol. The van der Waals surface area contributed by atoms with Gasteiger partial charge in [0.05, 0.1) is 0 Å². The van der Waals surface area contributed by atoms with E-state index in [4.69, 9.17) is 9.72 Å². The first-order valence-electron chi connectivity index (χ1n) is 26.8. The van der Waals surface area contributed by atoms with E-state index >= 15 is 0 Å². The van der Waals surface area contributed by atoms with Gasteiger partial charge in [-0.25, -0.2) is 4.98 Å². The topological polar surface area (TPSA) is 33.5 Å². The number of benzene rings is 7. The molecule has 0 aliphatic carbocycles. The third kappa shape index (κ3) is 10.9. The Labute approximate surface area is 476 Å². The fourth-order valence-electron chi connectivity index (χ4n) is 10.5. The van der Waals surface area contributed by atoms with Crippen LogP contribution >= 0.6 is 0 Å². The van der Waals surface area contributed by atoms with Gasteiger partial charge < -0.3 is 26.5 Å². The summed E-state index contributed by atoms with van der Waals surface area (Å²) in [4.78, 5) is 9.68. The summed E-state index contributed by atoms with van der Waals surface area (Å²) in [6.07, 6.45) is 1.93. The molecular formula is C71H78N4OPt. The Balaban J connectivity index is 0.00000392. The number of rotatable bonds is 9. The molecule has 9 aromatic rings. The number of hydrogen-bond donors (Lipinski definition) is 0. The molecule has 6 heteroatoms. The molecule has 3 heterocycles. The molecule has 1 aliphatic heterocycles. The number of ether oxygens (including phenoxy) is 1. The third-order valence-corrected chi connectivity index (χ3v) is 15.8. The fraction of sp³-hybridized carbons (Fsp3) is 0.310. The fourth-order valence-corrected chi connectivity index (χ4v) is 10.5. The minimum atomic E-state index is -0.286. The van der Waals surface area contributed by atoms with Crippen molar-refractivity contribution in [3.8, 4) is 17.3 Å². The van der Waals surface area contributed by atoms with Crippen LogP contribution in [0, 0.1) is 26.2 Å². The van der Waals surface area contributed by atoms with Crippen LogP contribution in [0.1, 0.15) is 155 Å². The van der Waals surface area contributed by atoms with Gasteiger partial charge in [0.15, 0.2) is 0 Å². The summed E-state index contributed by atoms with van der Waals surface area (Å²) >= 11 is 0. The van der Waals surface area contributed by atoms with Crippen molar-refractivity contribution < 1.29 is 25.8 Å². The molecule has 0 radical (unpaired) electrons. The van der Waals surface area contributed by atoms with Gasteiger partial charge in [-0.15, -0.1) is 53.6 Å². The van der Waals surface area contributed by atoms with Crippen molar-refractivity contribution in [2.75, 3.05) is 9.80 Å². The van der Waals surface area contributed by atoms with Crippen LogP contribution in [0.15, 0.2) is 158 Å². The molecule has 10 rings (SSSR count). The first-order valence-corrected chi connectivity index (χ1v) is 26.8. The second kappa shape index (κ2) is 20.4. The van der Waals surface area contributed by atoms with Crippen molar-refractivity contribution in [3.05, 3.63) is 229 Å². The first-order chi connectivity index (χ1) is 35.2. The SMILES string of the molecule is CC(C)(C)c1cc(Oc2[c-]c3c(cc2)c2cc(C(C)(C)C)ccc2n3-c2cc(C(C)(C)C)ccn2)[c-]c(N2[CH-]N(c3cc(C(C)(C)c4ccccc4)cc(C(C)(C)c4ccccc4)c3)c3cc(C(C)(C)C)ccc32)c1.[CH3-].[Pt+4]. The average Bonchev–Trinajstić information content (AvgIpc) is 3.91. The summed E-state index contributed by atoms with van der Waals surface area (Å²) in [6.45, 7) is 38.8. The third-order valence-electron chi connectivity index (χ3n) is 15.8. The van der Waals surface area contributed by atoms with Crippen molar-refractivity contribution in [1.82, 2.24) is 9.55 Å². The number of fused-ring (bicyclic) bond motifs is 4. The van der Waals surface area contributed by atoms with Gasteiger partial charge in [0, 0.05) is 51.1 Å². The molecule has 5 nitrogen and oxygen atoms in total. The number of aromatic nitrogens is 2. The molecule has 398 valence electrons. The molecule has 0 unspecified atom stereocenters. The van der Waals surface area contributed by atoms with Gasteiger partial charge in [-0.1, -0.05) is 201 Å². The molecule has 0 fully saturated rings. The zero-order chi connectivity index (χ0) is 53.6. The zero-order valence-electron chi connectivity index (χ0n) is 48.6. The standard InChI is InChI=1S/C70H75N4O.CH3.Pt/c1-65(2,3)48-27-31-60-59(40-48)58-30-29-56(44-62(58)74(60)64-42-50(33-34-71-64)67(7,8)9)75-57-39-51(68(10,11)12)36-55(43-57)72-45-73(63-41-49(66(4,5)6)28-32-61(63)72)54-37-52(69(13,14)46-23-19-17-20-24-46)35-53(38-54)70(15,16)47-25-21-18-22-26-47;;/h17-42,45H,1-16H3;1H3;/q-3;-1;+4. The van der Waals surface area contributed by atoms with Crippen LogP contribution in [-0.2, 0) is 53.6 Å². The monoisotopic (exact) mass is 1200 g/mol. The van der Waals surface area contributed by atoms with E-state index in [1.807, 2.05) is 6.20 Å². The van der Waals surface area contributed by atoms with Gasteiger partial charge >= 0.3 is 21.1 Å². The Bertz CT molecular complexity index is 3530. The smallest absolute Gasteiger partial charge is 0.509 e. The normalized spacial score (nSPS) is 13.4. The maximum absolute atomic E-state index is 7.02. The van der Waals surface area contributed by atoms with Gasteiger partial charge in [-0.3, -0.25) is 0 Å². The Morgan fingerprint density at radius 1 is 0.429 bits per heavy atom. The summed E-state index contributed by atoms with van der Waals surface area (Å²) in [5, 5.41) is 2.27. The van der Waals surface area contributed by atoms with Gasteiger partial charge in [0.25, 0.3) is 0 Å². The van der Waals surface area contributed by atoms with E-state index in [0.717, 1.165) is 50.6 Å². The minimum absolute atomic E-state index is 0. The Morgan fingerprint density at radius 3 is 1.55 bits per heavy atom. The molecule has 0 bridgehead atoms. The number of nitrogens with zero attached hydrogens (tertiary/aromatic N) is 4. The van der Waals surface area contributed by atoms with E-state index in [9.17, 15) is 0 Å². The molecule has 77 heavy (non-hydrogen) atoms. The molecule has 7 aromatic carbocycles. The van der Waals surface area contributed by atoms with Crippen LogP contribution in [0.5, 0.6) is 11.5 Å². The molecule has 0 spiro atoms. The number of anilines is 4. The molecular weight excluding hydrogens is 1120 g/mol. The number of hydrogen-bond acceptors (Lipinski definition) is 4. The Hall–Kier alpha value is -6.42. The summed E-state index contributed by atoms with van der Waals surface area (Å²) in [6, 6.07) is 63.4. The minimum Gasteiger partial charge on any atom is -0.509 e. The van der Waals surface area contributed by atoms with Crippen molar-refractivity contribution in [3.63, 3.8) is 0 Å². The summed E-state index contributed by atoms with van der Waals surface area (Å²) in [5.74, 6) is 2.09. The summed E-state index contributed by atoms with van der Waals surface area (Å²) in [5.41, 5.74) is 15.2. The van der Waals surface area contributed by atoms with Crippen molar-refractivity contribution in [2.45, 2.75) is 143 Å². The molecule has 0 atom stereocenters. The van der Waals surface area contributed by atoms with E-state index < -0.39 is 0 Å². The zero-order valence-corrected chi connectivity index (χ0v) is 50.9. The van der Waals surface area contributed by atoms with Crippen LogP contribution < -0.4 is 14.5 Å². The van der Waals surface area contributed by atoms with E-state index in [0.29, 0.717) is 11.5 Å². The summed E-state index contributed by atoms with van der Waals surface area (Å²) < 4.78 is 9.27. The van der Waals surface area contributed by atoms with Gasteiger partial charge in [-0.2, -0.15) is 6.07 Å². The maximum atomic E-state index is 7.02. The second-order valence-corrected chi connectivity index (χ2v) is 26.1. The molecule has 0 saturated heterocycles. The molecule has 2 aromatic heterocycles. The number of pyridine rings is 1. The van der Waals surface area contributed by atoms with Crippen LogP contribution in [0.4, 0.5) is 22.7 Å². The largest absolute Gasteiger partial charge is 4.00 e. The van der Waals surface area contributed by atoms with Crippen molar-refractivity contribution in [2.24, 2.45) is 0 Å². The van der Waals surface area contributed by atoms with E-state index in [-0.39, 0.29) is 61.0 Å². The maximum Gasteiger partial charge on any atom is 4.00 e. The Kier molecular flexibility index (Phi) is 15.1. The van der Waals surface area contributed by atoms with Crippen LogP contribution in [0.25, 0.3) is 27.6 Å². The van der Waals surface area contributed by atoms with E-state index in [2.05, 4.69) is 296 Å². The second-order valence-electron chi connectivity index (χ2n) is 26.1. The van der Waals surface area contributed by atoms with Crippen LogP contribution in [0.3, 0.4) is 0 Å². The molecule has 0 saturated carbocycles. The van der Waals surface area contributed by atoms with Crippen LogP contribution in [-0.4, -0.2) is 9.55 Å². The average molecular weight is 1200 g/mol. The molecule has 0 N–H and O–H groups in total. The van der Waals surface area contributed by atoms with Crippen molar-refractivity contribution >= 4 is 44.6 Å². The first kappa shape index (κ1) is 56.8. The summed E-state index contributed by atoms with van der Waals surface area (Å²) in [7, 11) is 0. The Morgan fingerprint density at radius 2 is 0.974 bits per heavy atom. The van der Waals surface area contributed by atoms with Gasteiger partial charge in [0.2, 0.25) is 0 Å². The van der Waals surface area contributed by atoms with E-state index in [1.54, 1.807) is 0 Å².